The van der Waals surface area contributed by atoms with Crippen LogP contribution in [0.1, 0.15) is 45.4 Å². The van der Waals surface area contributed by atoms with Gasteiger partial charge in [-0.15, -0.1) is 6.42 Å². The average molecular weight is 280 g/mol. The Hall–Kier alpha value is -1.02. The van der Waals surface area contributed by atoms with Crippen molar-refractivity contribution in [2.75, 3.05) is 13.2 Å². The van der Waals surface area contributed by atoms with E-state index in [2.05, 4.69) is 11.2 Å². The van der Waals surface area contributed by atoms with Gasteiger partial charge in [0.25, 0.3) is 0 Å². The van der Waals surface area contributed by atoms with Crippen molar-refractivity contribution >= 4 is 0 Å². The van der Waals surface area contributed by atoms with Crippen LogP contribution in [0.3, 0.4) is 0 Å². The summed E-state index contributed by atoms with van der Waals surface area (Å²) in [6.07, 6.45) is 12.7. The second-order valence-electron chi connectivity index (χ2n) is 5.53. The fourth-order valence-corrected chi connectivity index (χ4v) is 1.83. The third-order valence-electron chi connectivity index (χ3n) is 3.38. The molecule has 0 bridgehead atoms. The molecule has 1 rings (SSSR count). The van der Waals surface area contributed by atoms with Crippen LogP contribution in [-0.2, 0) is 4.74 Å². The second kappa shape index (κ2) is 9.82. The van der Waals surface area contributed by atoms with Gasteiger partial charge in [0.05, 0.1) is 11.8 Å². The van der Waals surface area contributed by atoms with E-state index in [1.807, 2.05) is 13.0 Å². The van der Waals surface area contributed by atoms with Crippen molar-refractivity contribution in [2.45, 2.75) is 57.8 Å². The SMILES string of the molecule is C#C/C(=C\CC(C)OCC1CC1)NC(O)CCCCN. The molecular weight excluding hydrogens is 252 g/mol. The van der Waals surface area contributed by atoms with E-state index < -0.39 is 6.23 Å². The van der Waals surface area contributed by atoms with Crippen LogP contribution in [0.15, 0.2) is 11.8 Å². The second-order valence-corrected chi connectivity index (χ2v) is 5.53. The highest BCUT2D eigenvalue weighted by atomic mass is 16.5. The van der Waals surface area contributed by atoms with Crippen molar-refractivity contribution in [3.8, 4) is 12.3 Å². The van der Waals surface area contributed by atoms with E-state index in [0.29, 0.717) is 18.7 Å². The molecule has 0 heterocycles. The Morgan fingerprint density at radius 3 is 2.90 bits per heavy atom. The quantitative estimate of drug-likeness (QED) is 0.306. The maximum atomic E-state index is 9.81. The Morgan fingerprint density at radius 2 is 2.30 bits per heavy atom. The number of hydrogen-bond acceptors (Lipinski definition) is 4. The average Bonchev–Trinajstić information content (AvgIpc) is 3.25. The predicted octanol–water partition coefficient (Wildman–Crippen LogP) is 1.75. The fraction of sp³-hybridized carbons (Fsp3) is 0.750. The van der Waals surface area contributed by atoms with Gasteiger partial charge in [0.2, 0.25) is 0 Å². The summed E-state index contributed by atoms with van der Waals surface area (Å²) in [6, 6.07) is 0. The molecule has 1 fully saturated rings. The zero-order valence-electron chi connectivity index (χ0n) is 12.5. The smallest absolute Gasteiger partial charge is 0.124 e. The lowest BCUT2D eigenvalue weighted by Gasteiger charge is -2.15. The number of terminal acetylenes is 1. The molecule has 0 aromatic heterocycles. The van der Waals surface area contributed by atoms with E-state index in [1.54, 1.807) is 0 Å². The topological polar surface area (TPSA) is 67.5 Å². The fourth-order valence-electron chi connectivity index (χ4n) is 1.83. The van der Waals surface area contributed by atoms with Gasteiger partial charge in [-0.2, -0.15) is 0 Å². The summed E-state index contributed by atoms with van der Waals surface area (Å²) in [5.41, 5.74) is 6.05. The van der Waals surface area contributed by atoms with Crippen LogP contribution < -0.4 is 11.1 Å². The van der Waals surface area contributed by atoms with Gasteiger partial charge < -0.3 is 20.9 Å². The van der Waals surface area contributed by atoms with E-state index in [-0.39, 0.29) is 6.10 Å². The number of allylic oxidation sites excluding steroid dienone is 1. The maximum absolute atomic E-state index is 9.81. The third-order valence-corrected chi connectivity index (χ3v) is 3.38. The summed E-state index contributed by atoms with van der Waals surface area (Å²) in [6.45, 7) is 3.56. The minimum absolute atomic E-state index is 0.162. The van der Waals surface area contributed by atoms with Gasteiger partial charge in [-0.3, -0.25) is 0 Å². The first-order chi connectivity index (χ1) is 9.65. The molecule has 0 radical (unpaired) electrons. The maximum Gasteiger partial charge on any atom is 0.124 e. The molecule has 1 aliphatic rings. The van der Waals surface area contributed by atoms with Gasteiger partial charge in [0.1, 0.15) is 6.23 Å². The van der Waals surface area contributed by atoms with E-state index >= 15 is 0 Å². The van der Waals surface area contributed by atoms with Crippen molar-refractivity contribution in [2.24, 2.45) is 11.7 Å². The molecule has 0 spiro atoms. The number of rotatable bonds is 11. The molecule has 4 heteroatoms. The Kier molecular flexibility index (Phi) is 8.36. The van der Waals surface area contributed by atoms with Crippen LogP contribution >= 0.6 is 0 Å². The van der Waals surface area contributed by atoms with Gasteiger partial charge in [-0.1, -0.05) is 5.92 Å². The number of ether oxygens (including phenoxy) is 1. The normalized spacial score (nSPS) is 18.4. The van der Waals surface area contributed by atoms with Gasteiger partial charge in [-0.25, -0.2) is 0 Å². The van der Waals surface area contributed by atoms with E-state index in [4.69, 9.17) is 16.9 Å². The van der Waals surface area contributed by atoms with Gasteiger partial charge >= 0.3 is 0 Å². The first kappa shape index (κ1) is 17.0. The van der Waals surface area contributed by atoms with Crippen LogP contribution in [0.5, 0.6) is 0 Å². The monoisotopic (exact) mass is 280 g/mol. The lowest BCUT2D eigenvalue weighted by Crippen LogP contribution is -2.27. The molecule has 20 heavy (non-hydrogen) atoms. The Balaban J connectivity index is 2.21. The zero-order valence-corrected chi connectivity index (χ0v) is 12.5. The summed E-state index contributed by atoms with van der Waals surface area (Å²) in [5, 5.41) is 12.7. The summed E-state index contributed by atoms with van der Waals surface area (Å²) in [4.78, 5) is 0. The molecular formula is C16H28N2O2. The number of aliphatic hydroxyl groups is 1. The van der Waals surface area contributed by atoms with Crippen LogP contribution in [0.25, 0.3) is 0 Å². The number of aliphatic hydroxyl groups excluding tert-OH is 1. The molecule has 0 saturated heterocycles. The Bertz CT molecular complexity index is 332. The van der Waals surface area contributed by atoms with Crippen molar-refractivity contribution in [1.82, 2.24) is 5.32 Å². The molecule has 1 saturated carbocycles. The molecule has 0 aromatic carbocycles. The van der Waals surface area contributed by atoms with Crippen molar-refractivity contribution in [3.05, 3.63) is 11.8 Å². The number of nitrogens with one attached hydrogen (secondary N) is 1. The first-order valence-electron chi connectivity index (χ1n) is 7.58. The van der Waals surface area contributed by atoms with Crippen LogP contribution in [0, 0.1) is 18.3 Å². The van der Waals surface area contributed by atoms with E-state index in [1.165, 1.54) is 12.8 Å². The molecule has 0 amide bonds. The first-order valence-corrected chi connectivity index (χ1v) is 7.58. The predicted molar refractivity (Wildman–Crippen MR) is 81.7 cm³/mol. The highest BCUT2D eigenvalue weighted by Crippen LogP contribution is 2.29. The molecule has 0 aromatic rings. The Morgan fingerprint density at radius 1 is 1.55 bits per heavy atom. The molecule has 114 valence electrons. The summed E-state index contributed by atoms with van der Waals surface area (Å²) in [5.74, 6) is 3.34. The van der Waals surface area contributed by atoms with E-state index in [9.17, 15) is 5.11 Å². The van der Waals surface area contributed by atoms with Crippen molar-refractivity contribution in [3.63, 3.8) is 0 Å². The number of hydrogen-bond donors (Lipinski definition) is 3. The van der Waals surface area contributed by atoms with Gasteiger partial charge in [-0.05, 0) is 64.0 Å². The van der Waals surface area contributed by atoms with E-state index in [0.717, 1.165) is 31.8 Å². The largest absolute Gasteiger partial charge is 0.378 e. The molecule has 2 atom stereocenters. The summed E-state index contributed by atoms with van der Waals surface area (Å²) >= 11 is 0. The lowest BCUT2D eigenvalue weighted by atomic mass is 10.2. The van der Waals surface area contributed by atoms with Crippen LogP contribution in [0.2, 0.25) is 0 Å². The number of nitrogens with two attached hydrogens (primary N) is 1. The minimum Gasteiger partial charge on any atom is -0.378 e. The molecule has 2 unspecified atom stereocenters. The summed E-state index contributed by atoms with van der Waals surface area (Å²) in [7, 11) is 0. The van der Waals surface area contributed by atoms with Crippen molar-refractivity contribution < 1.29 is 9.84 Å². The minimum atomic E-state index is -0.605. The third kappa shape index (κ3) is 8.21. The van der Waals surface area contributed by atoms with Gasteiger partial charge in [0.15, 0.2) is 0 Å². The zero-order chi connectivity index (χ0) is 14.8. The molecule has 4 N–H and O–H groups in total. The van der Waals surface area contributed by atoms with Crippen LogP contribution in [0.4, 0.5) is 0 Å². The van der Waals surface area contributed by atoms with Gasteiger partial charge in [0, 0.05) is 6.61 Å². The summed E-state index contributed by atoms with van der Waals surface area (Å²) < 4.78 is 5.73. The molecule has 1 aliphatic carbocycles. The highest BCUT2D eigenvalue weighted by Gasteiger charge is 2.21. The number of unbranched alkanes of at least 4 members (excludes halogenated alkanes) is 1. The van der Waals surface area contributed by atoms with Crippen molar-refractivity contribution in [1.29, 1.82) is 0 Å². The standard InChI is InChI=1S/C16H28N2O2/c1-3-15(18-16(19)6-4-5-11-17)10-7-13(2)20-12-14-8-9-14/h1,10,13-14,16,18-19H,4-9,11-12,17H2,2H3/b15-10+. The molecule has 0 aliphatic heterocycles. The Labute approximate surface area is 122 Å². The lowest BCUT2D eigenvalue weighted by molar-refractivity contribution is 0.0601. The van der Waals surface area contributed by atoms with Crippen LogP contribution in [-0.4, -0.2) is 30.6 Å². The highest BCUT2D eigenvalue weighted by molar-refractivity contribution is 5.23. The molecule has 4 nitrogen and oxygen atoms in total.